The molecule has 2 aromatic carbocycles. The molecule has 0 N–H and O–H groups in total. The first-order valence-corrected chi connectivity index (χ1v) is 7.75. The van der Waals surface area contributed by atoms with E-state index in [-0.39, 0.29) is 5.56 Å². The zero-order valence-corrected chi connectivity index (χ0v) is 13.9. The van der Waals surface area contributed by atoms with Crippen LogP contribution in [0.5, 0.6) is 0 Å². The first kappa shape index (κ1) is 13.6. The van der Waals surface area contributed by atoms with E-state index in [1.165, 1.54) is 12.1 Å². The predicted octanol–water partition coefficient (Wildman–Crippen LogP) is 5.48. The second kappa shape index (κ2) is 6.36. The quantitative estimate of drug-likeness (QED) is 0.542. The topological polar surface area (TPSA) is 3.88 Å². The Morgan fingerprint density at radius 2 is 1.60 bits per heavy atom. The van der Waals surface area contributed by atoms with Crippen LogP contribution in [0.3, 0.4) is 0 Å². The molecule has 3 aromatic rings. The van der Waals surface area contributed by atoms with Crippen molar-refractivity contribution >= 4 is 0 Å². The number of hydrogen-bond acceptors (Lipinski definition) is 0. The lowest BCUT2D eigenvalue weighted by Crippen LogP contribution is -2.31. The maximum atomic E-state index is 12.8. The van der Waals surface area contributed by atoms with Gasteiger partial charge in [0, 0.05) is 21.3 Å². The van der Waals surface area contributed by atoms with Crippen LogP contribution in [0.25, 0.3) is 22.4 Å². The summed E-state index contributed by atoms with van der Waals surface area (Å²) in [6.07, 6.45) is -2.79. The number of benzene rings is 2. The molecule has 0 atom stereocenters. The molecule has 1 nitrogen and oxygen atoms in total. The van der Waals surface area contributed by atoms with Gasteiger partial charge in [-0.05, 0) is 54.7 Å². The molecule has 4 heteroatoms. The van der Waals surface area contributed by atoms with E-state index >= 15 is 0 Å². The molecule has 128 valence electrons. The second-order valence-corrected chi connectivity index (χ2v) is 6.02. The number of pyridine rings is 1. The van der Waals surface area contributed by atoms with Gasteiger partial charge in [-0.1, -0.05) is 24.3 Å². The zero-order valence-electron chi connectivity index (χ0n) is 16.9. The Hall–Kier alpha value is -2.62. The molecular weight excluding hydrogens is 323 g/mol. The van der Waals surface area contributed by atoms with Gasteiger partial charge in [-0.3, -0.25) is 0 Å². The summed E-state index contributed by atoms with van der Waals surface area (Å²) < 4.78 is 62.7. The van der Waals surface area contributed by atoms with Crippen LogP contribution in [0.1, 0.15) is 20.8 Å². The molecule has 0 spiro atoms. The molecule has 3 rings (SSSR count). The Morgan fingerprint density at radius 3 is 2.20 bits per heavy atom. The summed E-state index contributed by atoms with van der Waals surface area (Å²) >= 11 is 0. The van der Waals surface area contributed by atoms with E-state index in [0.29, 0.717) is 5.56 Å². The molecule has 0 aliphatic rings. The van der Waals surface area contributed by atoms with Crippen molar-refractivity contribution in [3.63, 3.8) is 0 Å². The van der Waals surface area contributed by atoms with Crippen LogP contribution in [0.15, 0.2) is 60.8 Å². The number of aromatic nitrogens is 1. The molecule has 25 heavy (non-hydrogen) atoms. The normalized spacial score (nSPS) is 13.9. The molecule has 0 bridgehead atoms. The van der Waals surface area contributed by atoms with E-state index in [2.05, 4.69) is 0 Å². The average molecular weight is 345 g/mol. The molecule has 0 amide bonds. The van der Waals surface area contributed by atoms with Gasteiger partial charge in [0.05, 0.1) is 5.56 Å². The molecule has 0 fully saturated rings. The summed E-state index contributed by atoms with van der Waals surface area (Å²) in [5.41, 5.74) is 3.71. The number of rotatable bonds is 2. The lowest BCUT2D eigenvalue weighted by Gasteiger charge is -2.10. The van der Waals surface area contributed by atoms with E-state index in [0.717, 1.165) is 34.5 Å². The third kappa shape index (κ3) is 3.58. The SMILES string of the molecule is [2H]C([2H])([2H])c1ccc(-c2cc(-c3ccc(C(F)(F)F)cc3)ccc2C)[n+](C)c1. The third-order valence-corrected chi connectivity index (χ3v) is 4.19. The van der Waals surface area contributed by atoms with Crippen molar-refractivity contribution in [1.82, 2.24) is 0 Å². The van der Waals surface area contributed by atoms with Crippen LogP contribution in [-0.4, -0.2) is 0 Å². The number of aryl methyl sites for hydroxylation is 3. The van der Waals surface area contributed by atoms with Crippen LogP contribution >= 0.6 is 0 Å². The maximum absolute atomic E-state index is 12.8. The molecule has 1 aromatic heterocycles. The van der Waals surface area contributed by atoms with E-state index in [1.807, 2.05) is 25.1 Å². The van der Waals surface area contributed by atoms with Crippen molar-refractivity contribution < 1.29 is 21.9 Å². The van der Waals surface area contributed by atoms with Gasteiger partial charge in [0.1, 0.15) is 7.05 Å². The summed E-state index contributed by atoms with van der Waals surface area (Å²) in [5, 5.41) is 0. The first-order chi connectivity index (χ1) is 13.0. The van der Waals surface area contributed by atoms with Crippen LogP contribution in [0, 0.1) is 13.8 Å². The summed E-state index contributed by atoms with van der Waals surface area (Å²) in [6.45, 7) is -0.253. The van der Waals surface area contributed by atoms with Crippen LogP contribution in [-0.2, 0) is 13.2 Å². The number of halogens is 3. The molecule has 0 aliphatic carbocycles. The fourth-order valence-corrected chi connectivity index (χ4v) is 2.82. The predicted molar refractivity (Wildman–Crippen MR) is 93.0 cm³/mol. The highest BCUT2D eigenvalue weighted by molar-refractivity contribution is 5.73. The lowest BCUT2D eigenvalue weighted by molar-refractivity contribution is -0.660. The zero-order chi connectivity index (χ0) is 20.7. The minimum absolute atomic E-state index is 0.246. The van der Waals surface area contributed by atoms with E-state index < -0.39 is 18.6 Å². The van der Waals surface area contributed by atoms with Crippen LogP contribution in [0.4, 0.5) is 13.2 Å². The van der Waals surface area contributed by atoms with Crippen molar-refractivity contribution in [1.29, 1.82) is 0 Å². The van der Waals surface area contributed by atoms with E-state index in [4.69, 9.17) is 4.11 Å². The standard InChI is InChI=1S/C21H19F3N/c1-14-4-11-20(25(3)13-14)19-12-17(6-5-15(19)2)16-7-9-18(10-8-16)21(22,23)24/h4-13H,1-3H3/q+1/i1D3. The van der Waals surface area contributed by atoms with Crippen LogP contribution < -0.4 is 4.57 Å². The number of hydrogen-bond donors (Lipinski definition) is 0. The highest BCUT2D eigenvalue weighted by atomic mass is 19.4. The molecular formula is C21H19F3N+. The van der Waals surface area contributed by atoms with Gasteiger partial charge in [-0.15, -0.1) is 0 Å². The third-order valence-electron chi connectivity index (χ3n) is 4.19. The minimum Gasteiger partial charge on any atom is -0.201 e. The molecule has 0 radical (unpaired) electrons. The van der Waals surface area contributed by atoms with Crippen molar-refractivity contribution in [2.45, 2.75) is 20.0 Å². The molecule has 0 saturated carbocycles. The first-order valence-electron chi connectivity index (χ1n) is 9.25. The number of alkyl halides is 3. The van der Waals surface area contributed by atoms with Gasteiger partial charge >= 0.3 is 6.18 Å². The van der Waals surface area contributed by atoms with Gasteiger partial charge in [-0.2, -0.15) is 13.2 Å². The van der Waals surface area contributed by atoms with E-state index in [9.17, 15) is 13.2 Å². The summed E-state index contributed by atoms with van der Waals surface area (Å²) in [6, 6.07) is 14.0. The van der Waals surface area contributed by atoms with Crippen LogP contribution in [0.2, 0.25) is 0 Å². The fourth-order valence-electron chi connectivity index (χ4n) is 2.82. The Morgan fingerprint density at radius 1 is 0.920 bits per heavy atom. The highest BCUT2D eigenvalue weighted by Crippen LogP contribution is 2.32. The fraction of sp³-hybridized carbons (Fsp3) is 0.190. The van der Waals surface area contributed by atoms with Gasteiger partial charge in [-0.25, -0.2) is 4.57 Å². The molecule has 0 unspecified atom stereocenters. The van der Waals surface area contributed by atoms with E-state index in [1.54, 1.807) is 29.9 Å². The van der Waals surface area contributed by atoms with Gasteiger partial charge < -0.3 is 0 Å². The Balaban J connectivity index is 2.03. The summed E-state index contributed by atoms with van der Waals surface area (Å²) in [4.78, 5) is 0. The highest BCUT2D eigenvalue weighted by Gasteiger charge is 2.30. The van der Waals surface area contributed by atoms with Crippen molar-refractivity contribution in [2.75, 3.05) is 0 Å². The minimum atomic E-state index is -4.37. The van der Waals surface area contributed by atoms with Crippen molar-refractivity contribution in [3.8, 4) is 22.4 Å². The van der Waals surface area contributed by atoms with Crippen molar-refractivity contribution in [2.24, 2.45) is 7.05 Å². The van der Waals surface area contributed by atoms with Gasteiger partial charge in [0.2, 0.25) is 5.69 Å². The molecule has 1 heterocycles. The maximum Gasteiger partial charge on any atom is 0.416 e. The monoisotopic (exact) mass is 345 g/mol. The lowest BCUT2D eigenvalue weighted by atomic mass is 9.96. The van der Waals surface area contributed by atoms with Gasteiger partial charge in [0.15, 0.2) is 6.20 Å². The van der Waals surface area contributed by atoms with Gasteiger partial charge in [0.25, 0.3) is 0 Å². The average Bonchev–Trinajstić information content (AvgIpc) is 2.61. The summed E-state index contributed by atoms with van der Waals surface area (Å²) in [7, 11) is 1.77. The number of nitrogens with zero attached hydrogens (tertiary/aromatic N) is 1. The molecule has 0 saturated heterocycles. The Kier molecular flexibility index (Phi) is 3.47. The van der Waals surface area contributed by atoms with Crippen molar-refractivity contribution in [3.05, 3.63) is 77.5 Å². The smallest absolute Gasteiger partial charge is 0.201 e. The molecule has 0 aliphatic heterocycles. The second-order valence-electron chi connectivity index (χ2n) is 6.02. The Bertz CT molecular complexity index is 1010. The summed E-state index contributed by atoms with van der Waals surface area (Å²) in [5.74, 6) is 0. The Labute approximate surface area is 149 Å². The largest absolute Gasteiger partial charge is 0.416 e.